The second-order valence-corrected chi connectivity index (χ2v) is 5.90. The third kappa shape index (κ3) is 4.07. The van der Waals surface area contributed by atoms with Crippen LogP contribution in [0.2, 0.25) is 0 Å². The summed E-state index contributed by atoms with van der Waals surface area (Å²) in [5.74, 6) is 1.30. The number of nitrogens with zero attached hydrogens (tertiary/aromatic N) is 2. The molecule has 116 valence electrons. The van der Waals surface area contributed by atoms with Crippen LogP contribution in [0, 0.1) is 0 Å². The molecule has 2 aromatic carbocycles. The molecule has 0 aliphatic carbocycles. The minimum absolute atomic E-state index is 0.548. The van der Waals surface area contributed by atoms with Crippen LogP contribution in [-0.2, 0) is 6.42 Å². The number of halogens is 1. The largest absolute Gasteiger partial charge is 0.340 e. The maximum absolute atomic E-state index is 4.49. The predicted molar refractivity (Wildman–Crippen MR) is 98.6 cm³/mol. The highest BCUT2D eigenvalue weighted by atomic mass is 79.9. The highest BCUT2D eigenvalue weighted by Crippen LogP contribution is 2.24. The number of hydrogen-bond acceptors (Lipinski definition) is 4. The number of aryl methyl sites for hydroxylation is 1. The maximum Gasteiger partial charge on any atom is 0.229 e. The van der Waals surface area contributed by atoms with Crippen molar-refractivity contribution in [2.24, 2.45) is 0 Å². The molecule has 0 saturated heterocycles. The molecular weight excluding hydrogens is 352 g/mol. The van der Waals surface area contributed by atoms with Gasteiger partial charge >= 0.3 is 0 Å². The van der Waals surface area contributed by atoms with E-state index in [1.807, 2.05) is 30.3 Å². The van der Waals surface area contributed by atoms with Crippen LogP contribution < -0.4 is 10.6 Å². The summed E-state index contributed by atoms with van der Waals surface area (Å²) >= 11 is 3.51. The van der Waals surface area contributed by atoms with Crippen molar-refractivity contribution in [1.82, 2.24) is 9.97 Å². The molecule has 3 rings (SSSR count). The molecule has 0 unspecified atom stereocenters. The van der Waals surface area contributed by atoms with Gasteiger partial charge in [-0.3, -0.25) is 0 Å². The predicted octanol–water partition coefficient (Wildman–Crippen LogP) is 5.29. The highest BCUT2D eigenvalue weighted by molar-refractivity contribution is 9.10. The van der Waals surface area contributed by atoms with Crippen LogP contribution in [-0.4, -0.2) is 9.97 Å². The topological polar surface area (TPSA) is 49.8 Å². The number of anilines is 4. The SMILES string of the molecule is CCc1ccc(Nc2ccnc(Nc3ccccc3Br)n2)cc1. The summed E-state index contributed by atoms with van der Waals surface area (Å²) in [4.78, 5) is 8.75. The minimum Gasteiger partial charge on any atom is -0.340 e. The second kappa shape index (κ2) is 7.24. The first kappa shape index (κ1) is 15.5. The van der Waals surface area contributed by atoms with E-state index in [4.69, 9.17) is 0 Å². The summed E-state index contributed by atoms with van der Waals surface area (Å²) in [5.41, 5.74) is 3.25. The van der Waals surface area contributed by atoms with Crippen molar-refractivity contribution < 1.29 is 0 Å². The molecule has 0 fully saturated rings. The van der Waals surface area contributed by atoms with Crippen LogP contribution in [0.15, 0.2) is 65.3 Å². The van der Waals surface area contributed by atoms with Gasteiger partial charge in [-0.2, -0.15) is 4.98 Å². The van der Waals surface area contributed by atoms with Gasteiger partial charge in [0.2, 0.25) is 5.95 Å². The molecule has 1 heterocycles. The van der Waals surface area contributed by atoms with E-state index < -0.39 is 0 Å². The fourth-order valence-electron chi connectivity index (χ4n) is 2.14. The van der Waals surface area contributed by atoms with E-state index in [1.165, 1.54) is 5.56 Å². The molecule has 0 radical (unpaired) electrons. The smallest absolute Gasteiger partial charge is 0.229 e. The molecule has 0 atom stereocenters. The van der Waals surface area contributed by atoms with Gasteiger partial charge in [-0.05, 0) is 58.2 Å². The van der Waals surface area contributed by atoms with Gasteiger partial charge in [0, 0.05) is 16.4 Å². The van der Waals surface area contributed by atoms with Gasteiger partial charge in [0.05, 0.1) is 5.69 Å². The molecular formula is C18H17BrN4. The van der Waals surface area contributed by atoms with E-state index >= 15 is 0 Å². The molecule has 1 aromatic heterocycles. The first-order chi connectivity index (χ1) is 11.2. The van der Waals surface area contributed by atoms with Crippen molar-refractivity contribution in [3.8, 4) is 0 Å². The lowest BCUT2D eigenvalue weighted by Crippen LogP contribution is -2.00. The van der Waals surface area contributed by atoms with E-state index in [0.717, 1.165) is 28.1 Å². The summed E-state index contributed by atoms with van der Waals surface area (Å²) < 4.78 is 0.970. The van der Waals surface area contributed by atoms with Crippen LogP contribution in [0.5, 0.6) is 0 Å². The van der Waals surface area contributed by atoms with E-state index in [2.05, 4.69) is 67.7 Å². The number of benzene rings is 2. The van der Waals surface area contributed by atoms with Crippen molar-refractivity contribution in [2.75, 3.05) is 10.6 Å². The Bertz CT molecular complexity index is 787. The number of aromatic nitrogens is 2. The zero-order valence-corrected chi connectivity index (χ0v) is 14.3. The van der Waals surface area contributed by atoms with E-state index in [1.54, 1.807) is 6.20 Å². The van der Waals surface area contributed by atoms with Crippen molar-refractivity contribution in [2.45, 2.75) is 13.3 Å². The van der Waals surface area contributed by atoms with Crippen molar-refractivity contribution in [3.63, 3.8) is 0 Å². The molecule has 5 heteroatoms. The fraction of sp³-hybridized carbons (Fsp3) is 0.111. The van der Waals surface area contributed by atoms with Gasteiger partial charge in [0.15, 0.2) is 0 Å². The van der Waals surface area contributed by atoms with E-state index in [9.17, 15) is 0 Å². The Kier molecular flexibility index (Phi) is 4.88. The molecule has 0 aliphatic rings. The van der Waals surface area contributed by atoms with Gasteiger partial charge in [0.25, 0.3) is 0 Å². The highest BCUT2D eigenvalue weighted by Gasteiger charge is 2.03. The van der Waals surface area contributed by atoms with E-state index in [0.29, 0.717) is 5.95 Å². The van der Waals surface area contributed by atoms with E-state index in [-0.39, 0.29) is 0 Å². The number of nitrogens with one attached hydrogen (secondary N) is 2. The second-order valence-electron chi connectivity index (χ2n) is 5.05. The Morgan fingerprint density at radius 3 is 2.48 bits per heavy atom. The summed E-state index contributed by atoms with van der Waals surface area (Å²) in [7, 11) is 0. The van der Waals surface area contributed by atoms with Crippen LogP contribution in [0.25, 0.3) is 0 Å². The molecule has 0 saturated carbocycles. The summed E-state index contributed by atoms with van der Waals surface area (Å²) in [5, 5.41) is 6.50. The summed E-state index contributed by atoms with van der Waals surface area (Å²) in [6.45, 7) is 2.15. The van der Waals surface area contributed by atoms with Gasteiger partial charge in [0.1, 0.15) is 5.82 Å². The van der Waals surface area contributed by atoms with Crippen LogP contribution in [0.4, 0.5) is 23.1 Å². The lowest BCUT2D eigenvalue weighted by atomic mass is 10.1. The zero-order chi connectivity index (χ0) is 16.1. The van der Waals surface area contributed by atoms with Gasteiger partial charge in [-0.1, -0.05) is 31.2 Å². The third-order valence-corrected chi connectivity index (χ3v) is 4.10. The number of para-hydroxylation sites is 1. The Morgan fingerprint density at radius 1 is 0.957 bits per heavy atom. The normalized spacial score (nSPS) is 10.3. The van der Waals surface area contributed by atoms with Crippen molar-refractivity contribution in [1.29, 1.82) is 0 Å². The van der Waals surface area contributed by atoms with Gasteiger partial charge in [-0.25, -0.2) is 4.98 Å². The summed E-state index contributed by atoms with van der Waals surface area (Å²) in [6, 6.07) is 18.1. The lowest BCUT2D eigenvalue weighted by molar-refractivity contribution is 1.14. The Labute approximate surface area is 144 Å². The van der Waals surface area contributed by atoms with Crippen LogP contribution in [0.1, 0.15) is 12.5 Å². The Hall–Kier alpha value is -2.40. The van der Waals surface area contributed by atoms with Crippen LogP contribution >= 0.6 is 15.9 Å². The van der Waals surface area contributed by atoms with Gasteiger partial charge < -0.3 is 10.6 Å². The molecule has 23 heavy (non-hydrogen) atoms. The molecule has 0 amide bonds. The maximum atomic E-state index is 4.49. The van der Waals surface area contributed by atoms with Crippen molar-refractivity contribution in [3.05, 3.63) is 70.8 Å². The minimum atomic E-state index is 0.548. The first-order valence-electron chi connectivity index (χ1n) is 7.45. The fourth-order valence-corrected chi connectivity index (χ4v) is 2.53. The molecule has 0 spiro atoms. The first-order valence-corrected chi connectivity index (χ1v) is 8.24. The Morgan fingerprint density at radius 2 is 1.74 bits per heavy atom. The zero-order valence-electron chi connectivity index (χ0n) is 12.8. The summed E-state index contributed by atoms with van der Waals surface area (Å²) in [6.07, 6.45) is 2.77. The Balaban J connectivity index is 1.75. The molecule has 2 N–H and O–H groups in total. The van der Waals surface area contributed by atoms with Gasteiger partial charge in [-0.15, -0.1) is 0 Å². The molecule has 4 nitrogen and oxygen atoms in total. The molecule has 0 bridgehead atoms. The number of hydrogen-bond donors (Lipinski definition) is 2. The third-order valence-electron chi connectivity index (χ3n) is 3.41. The average molecular weight is 369 g/mol. The quantitative estimate of drug-likeness (QED) is 0.642. The molecule has 3 aromatic rings. The average Bonchev–Trinajstić information content (AvgIpc) is 2.58. The monoisotopic (exact) mass is 368 g/mol. The molecule has 0 aliphatic heterocycles. The number of rotatable bonds is 5. The standard InChI is InChI=1S/C18H17BrN4/c1-2-13-7-9-14(10-8-13)21-17-11-12-20-18(23-17)22-16-6-4-3-5-15(16)19/h3-12H,2H2,1H3,(H2,20,21,22,23). The lowest BCUT2D eigenvalue weighted by Gasteiger charge is -2.09. The van der Waals surface area contributed by atoms with Crippen molar-refractivity contribution >= 4 is 39.1 Å². The van der Waals surface area contributed by atoms with Crippen LogP contribution in [0.3, 0.4) is 0 Å².